The van der Waals surface area contributed by atoms with E-state index < -0.39 is 0 Å². The second-order valence-corrected chi connectivity index (χ2v) is 5.74. The number of hydrogen-bond acceptors (Lipinski definition) is 5. The van der Waals surface area contributed by atoms with Crippen LogP contribution in [0.25, 0.3) is 11.5 Å². The molecule has 0 saturated heterocycles. The molecule has 0 spiro atoms. The van der Waals surface area contributed by atoms with Crippen molar-refractivity contribution >= 4 is 11.7 Å². The third kappa shape index (κ3) is 3.09. The average molecular weight is 302 g/mol. The van der Waals surface area contributed by atoms with Gasteiger partial charge in [-0.2, -0.15) is 0 Å². The van der Waals surface area contributed by atoms with E-state index in [0.29, 0.717) is 18.1 Å². The Morgan fingerprint density at radius 3 is 2.91 bits per heavy atom. The molecule has 1 aliphatic rings. The molecule has 1 heterocycles. The Bertz CT molecular complexity index is 665. The van der Waals surface area contributed by atoms with Crippen molar-refractivity contribution in [1.29, 1.82) is 0 Å². The molecule has 116 valence electrons. The summed E-state index contributed by atoms with van der Waals surface area (Å²) in [6, 6.07) is 5.24. The Morgan fingerprint density at radius 1 is 1.45 bits per heavy atom. The van der Waals surface area contributed by atoms with Crippen molar-refractivity contribution in [2.45, 2.75) is 19.8 Å². The van der Waals surface area contributed by atoms with Crippen LogP contribution >= 0.6 is 0 Å². The molecule has 3 rings (SSSR count). The van der Waals surface area contributed by atoms with E-state index in [1.807, 2.05) is 19.1 Å². The monoisotopic (exact) mass is 302 g/mol. The number of urea groups is 1. The van der Waals surface area contributed by atoms with Gasteiger partial charge in [-0.3, -0.25) is 0 Å². The van der Waals surface area contributed by atoms with Gasteiger partial charge in [0.2, 0.25) is 12.3 Å². The Kier molecular flexibility index (Phi) is 3.81. The van der Waals surface area contributed by atoms with Crippen LogP contribution in [0.15, 0.2) is 29.0 Å². The van der Waals surface area contributed by atoms with Gasteiger partial charge in [0.05, 0.1) is 6.61 Å². The third-order valence-electron chi connectivity index (χ3n) is 4.01. The lowest BCUT2D eigenvalue weighted by molar-refractivity contribution is 0.206. The first-order valence-corrected chi connectivity index (χ1v) is 7.15. The molecule has 0 atom stereocenters. The molecule has 7 nitrogen and oxygen atoms in total. The minimum absolute atomic E-state index is 0.110. The van der Waals surface area contributed by atoms with E-state index in [9.17, 15) is 9.90 Å². The predicted molar refractivity (Wildman–Crippen MR) is 80.2 cm³/mol. The van der Waals surface area contributed by atoms with E-state index in [0.717, 1.165) is 24.0 Å². The number of nitrogens with one attached hydrogen (secondary N) is 2. The van der Waals surface area contributed by atoms with Crippen molar-refractivity contribution < 1.29 is 14.3 Å². The fourth-order valence-electron chi connectivity index (χ4n) is 2.19. The predicted octanol–water partition coefficient (Wildman–Crippen LogP) is 1.94. The van der Waals surface area contributed by atoms with E-state index in [2.05, 4.69) is 20.8 Å². The zero-order valence-electron chi connectivity index (χ0n) is 12.3. The molecule has 1 fully saturated rings. The third-order valence-corrected chi connectivity index (χ3v) is 4.01. The number of nitrogens with zero attached hydrogens (tertiary/aromatic N) is 2. The van der Waals surface area contributed by atoms with Crippen LogP contribution in [0.3, 0.4) is 0 Å². The smallest absolute Gasteiger partial charge is 0.319 e. The Hall–Kier alpha value is -2.41. The lowest BCUT2D eigenvalue weighted by Crippen LogP contribution is -2.35. The normalized spacial score (nSPS) is 15.4. The standard InChI is InChI=1S/C15H18N4O3/c1-10-2-3-11(13-19-17-9-22-13)6-12(10)18-14(21)16-7-15(8-20)4-5-15/h2-3,6,9,20H,4-5,7-8H2,1H3,(H2,16,18,21). The van der Waals surface area contributed by atoms with Crippen LogP contribution in [-0.4, -0.2) is 34.5 Å². The molecule has 1 aliphatic carbocycles. The summed E-state index contributed by atoms with van der Waals surface area (Å²) in [5.74, 6) is 0.403. The minimum atomic E-state index is -0.287. The summed E-state index contributed by atoms with van der Waals surface area (Å²) in [5.41, 5.74) is 2.24. The van der Waals surface area contributed by atoms with Crippen LogP contribution in [0.2, 0.25) is 0 Å². The maximum atomic E-state index is 12.0. The minimum Gasteiger partial charge on any atom is -0.423 e. The summed E-state index contributed by atoms with van der Waals surface area (Å²) in [7, 11) is 0. The highest BCUT2D eigenvalue weighted by Gasteiger charge is 2.42. The molecule has 3 N–H and O–H groups in total. The van der Waals surface area contributed by atoms with Crippen molar-refractivity contribution in [1.82, 2.24) is 15.5 Å². The van der Waals surface area contributed by atoms with E-state index in [1.165, 1.54) is 6.39 Å². The Balaban J connectivity index is 1.66. The number of benzene rings is 1. The van der Waals surface area contributed by atoms with Crippen molar-refractivity contribution in [3.63, 3.8) is 0 Å². The maximum absolute atomic E-state index is 12.0. The second kappa shape index (κ2) is 5.76. The average Bonchev–Trinajstić information content (AvgIpc) is 3.10. The molecule has 0 unspecified atom stereocenters. The number of amides is 2. The van der Waals surface area contributed by atoms with Crippen molar-refractivity contribution in [3.8, 4) is 11.5 Å². The molecular weight excluding hydrogens is 284 g/mol. The summed E-state index contributed by atoms with van der Waals surface area (Å²) in [6.07, 6.45) is 3.17. The number of carbonyl (C=O) groups excluding carboxylic acids is 1. The van der Waals surface area contributed by atoms with Gasteiger partial charge >= 0.3 is 6.03 Å². The van der Waals surface area contributed by atoms with Gasteiger partial charge in [0.1, 0.15) is 0 Å². The fourth-order valence-corrected chi connectivity index (χ4v) is 2.19. The number of rotatable bonds is 5. The van der Waals surface area contributed by atoms with Gasteiger partial charge in [0, 0.05) is 23.2 Å². The van der Waals surface area contributed by atoms with E-state index >= 15 is 0 Å². The summed E-state index contributed by atoms with van der Waals surface area (Å²) in [6.45, 7) is 2.50. The Morgan fingerprint density at radius 2 is 2.27 bits per heavy atom. The number of carbonyl (C=O) groups is 1. The Labute approximate surface area is 127 Å². The van der Waals surface area contributed by atoms with Crippen LogP contribution in [-0.2, 0) is 0 Å². The van der Waals surface area contributed by atoms with E-state index in [4.69, 9.17) is 4.42 Å². The highest BCUT2D eigenvalue weighted by molar-refractivity contribution is 5.90. The summed E-state index contributed by atoms with van der Waals surface area (Å²) >= 11 is 0. The van der Waals surface area contributed by atoms with Crippen LogP contribution in [0, 0.1) is 12.3 Å². The van der Waals surface area contributed by atoms with Crippen molar-refractivity contribution in [2.75, 3.05) is 18.5 Å². The topological polar surface area (TPSA) is 100 Å². The maximum Gasteiger partial charge on any atom is 0.319 e. The van der Waals surface area contributed by atoms with Gasteiger partial charge in [-0.05, 0) is 37.5 Å². The fraction of sp³-hybridized carbons (Fsp3) is 0.400. The van der Waals surface area contributed by atoms with Gasteiger partial charge in [-0.25, -0.2) is 4.79 Å². The molecule has 0 bridgehead atoms. The van der Waals surface area contributed by atoms with E-state index in [-0.39, 0.29) is 18.1 Å². The lowest BCUT2D eigenvalue weighted by Gasteiger charge is -2.14. The van der Waals surface area contributed by atoms with Gasteiger partial charge in [0.15, 0.2) is 0 Å². The quantitative estimate of drug-likeness (QED) is 0.783. The first-order chi connectivity index (χ1) is 10.6. The van der Waals surface area contributed by atoms with Crippen molar-refractivity contribution in [3.05, 3.63) is 30.2 Å². The summed E-state index contributed by atoms with van der Waals surface area (Å²) < 4.78 is 5.16. The molecule has 1 aromatic heterocycles. The SMILES string of the molecule is Cc1ccc(-c2nnco2)cc1NC(=O)NCC1(CO)CC1. The zero-order valence-corrected chi connectivity index (χ0v) is 12.3. The van der Waals surface area contributed by atoms with Gasteiger partial charge < -0.3 is 20.2 Å². The molecule has 2 amide bonds. The van der Waals surface area contributed by atoms with Crippen LogP contribution in [0.5, 0.6) is 0 Å². The molecule has 1 aromatic carbocycles. The van der Waals surface area contributed by atoms with Crippen molar-refractivity contribution in [2.24, 2.45) is 5.41 Å². The summed E-state index contributed by atoms with van der Waals surface area (Å²) in [4.78, 5) is 12.0. The molecule has 1 saturated carbocycles. The number of aryl methyl sites for hydroxylation is 1. The van der Waals surface area contributed by atoms with Gasteiger partial charge in [-0.15, -0.1) is 10.2 Å². The largest absolute Gasteiger partial charge is 0.423 e. The van der Waals surface area contributed by atoms with Crippen LogP contribution < -0.4 is 10.6 Å². The summed E-state index contributed by atoms with van der Waals surface area (Å²) in [5, 5.41) is 22.4. The highest BCUT2D eigenvalue weighted by atomic mass is 16.4. The first kappa shape index (κ1) is 14.5. The molecule has 0 aliphatic heterocycles. The van der Waals surface area contributed by atoms with Gasteiger partial charge in [0.25, 0.3) is 0 Å². The second-order valence-electron chi connectivity index (χ2n) is 5.74. The van der Waals surface area contributed by atoms with Gasteiger partial charge in [-0.1, -0.05) is 6.07 Å². The number of aromatic nitrogens is 2. The van der Waals surface area contributed by atoms with Crippen LogP contribution in [0.4, 0.5) is 10.5 Å². The zero-order chi connectivity index (χ0) is 15.6. The molecule has 2 aromatic rings. The highest BCUT2D eigenvalue weighted by Crippen LogP contribution is 2.44. The first-order valence-electron chi connectivity index (χ1n) is 7.15. The molecule has 0 radical (unpaired) electrons. The number of aliphatic hydroxyl groups excluding tert-OH is 1. The number of anilines is 1. The number of hydrogen-bond donors (Lipinski definition) is 3. The number of aliphatic hydroxyl groups is 1. The molecular formula is C15H18N4O3. The molecule has 22 heavy (non-hydrogen) atoms. The van der Waals surface area contributed by atoms with E-state index in [1.54, 1.807) is 6.07 Å². The molecule has 7 heteroatoms. The van der Waals surface area contributed by atoms with Crippen LogP contribution in [0.1, 0.15) is 18.4 Å². The lowest BCUT2D eigenvalue weighted by atomic mass is 10.1.